The zero-order valence-electron chi connectivity index (χ0n) is 12.4. The molecule has 4 rings (SSSR count). The van der Waals surface area contributed by atoms with Crippen molar-refractivity contribution in [3.05, 3.63) is 23.3 Å². The first kappa shape index (κ1) is 13.4. The summed E-state index contributed by atoms with van der Waals surface area (Å²) in [5.41, 5.74) is 2.80. The molecule has 0 aliphatic carbocycles. The maximum Gasteiger partial charge on any atom is 0.161 e. The SMILES string of the molecule is c1c2c(cc3c1OCCO3)C(CCC1CCCO1)NCC2. The second-order valence-corrected chi connectivity index (χ2v) is 6.16. The molecular weight excluding hydrogens is 266 g/mol. The number of hydrogen-bond donors (Lipinski definition) is 1. The van der Waals surface area contributed by atoms with Crippen molar-refractivity contribution in [2.24, 2.45) is 0 Å². The largest absolute Gasteiger partial charge is 0.486 e. The van der Waals surface area contributed by atoms with E-state index in [4.69, 9.17) is 14.2 Å². The molecule has 3 aliphatic rings. The van der Waals surface area contributed by atoms with Gasteiger partial charge in [0.25, 0.3) is 0 Å². The van der Waals surface area contributed by atoms with Crippen molar-refractivity contribution < 1.29 is 14.2 Å². The first-order chi connectivity index (χ1) is 10.4. The van der Waals surface area contributed by atoms with E-state index in [2.05, 4.69) is 17.4 Å². The van der Waals surface area contributed by atoms with Crippen molar-refractivity contribution in [3.63, 3.8) is 0 Å². The van der Waals surface area contributed by atoms with E-state index < -0.39 is 0 Å². The van der Waals surface area contributed by atoms with Gasteiger partial charge in [-0.25, -0.2) is 0 Å². The molecule has 1 fully saturated rings. The zero-order chi connectivity index (χ0) is 14.1. The molecule has 2 unspecified atom stereocenters. The molecule has 4 nitrogen and oxygen atoms in total. The van der Waals surface area contributed by atoms with Gasteiger partial charge in [0.2, 0.25) is 0 Å². The van der Waals surface area contributed by atoms with Crippen molar-refractivity contribution in [1.82, 2.24) is 5.32 Å². The van der Waals surface area contributed by atoms with Gasteiger partial charge in [0.1, 0.15) is 13.2 Å². The fourth-order valence-corrected chi connectivity index (χ4v) is 3.66. The lowest BCUT2D eigenvalue weighted by Gasteiger charge is -2.30. The molecule has 0 aromatic heterocycles. The number of benzene rings is 1. The Bertz CT molecular complexity index is 511. The van der Waals surface area contributed by atoms with E-state index >= 15 is 0 Å². The van der Waals surface area contributed by atoms with Crippen molar-refractivity contribution in [2.75, 3.05) is 26.4 Å². The molecule has 1 N–H and O–H groups in total. The van der Waals surface area contributed by atoms with Crippen LogP contribution in [-0.4, -0.2) is 32.5 Å². The Morgan fingerprint density at radius 3 is 2.71 bits per heavy atom. The van der Waals surface area contributed by atoms with Gasteiger partial charge in [-0.05, 0) is 61.9 Å². The van der Waals surface area contributed by atoms with Gasteiger partial charge < -0.3 is 19.5 Å². The predicted octanol–water partition coefficient (Wildman–Crippen LogP) is 2.60. The number of rotatable bonds is 3. The van der Waals surface area contributed by atoms with Crippen LogP contribution in [0.4, 0.5) is 0 Å². The minimum atomic E-state index is 0.425. The normalized spacial score (nSPS) is 27.4. The van der Waals surface area contributed by atoms with Gasteiger partial charge in [-0.2, -0.15) is 0 Å². The average molecular weight is 289 g/mol. The van der Waals surface area contributed by atoms with Gasteiger partial charge in [0.15, 0.2) is 11.5 Å². The first-order valence-corrected chi connectivity index (χ1v) is 8.17. The van der Waals surface area contributed by atoms with Gasteiger partial charge in [-0.3, -0.25) is 0 Å². The lowest BCUT2D eigenvalue weighted by atomic mass is 9.90. The van der Waals surface area contributed by atoms with Gasteiger partial charge in [0, 0.05) is 12.6 Å². The minimum Gasteiger partial charge on any atom is -0.486 e. The Morgan fingerprint density at radius 1 is 1.05 bits per heavy atom. The molecule has 1 aromatic rings. The van der Waals surface area contributed by atoms with E-state index in [0.29, 0.717) is 25.4 Å². The molecule has 0 radical (unpaired) electrons. The molecular formula is C17H23NO3. The first-order valence-electron chi connectivity index (χ1n) is 8.17. The van der Waals surface area contributed by atoms with Crippen molar-refractivity contribution >= 4 is 0 Å². The summed E-state index contributed by atoms with van der Waals surface area (Å²) >= 11 is 0. The van der Waals surface area contributed by atoms with Crippen LogP contribution in [0.2, 0.25) is 0 Å². The van der Waals surface area contributed by atoms with Crippen LogP contribution in [0.25, 0.3) is 0 Å². The summed E-state index contributed by atoms with van der Waals surface area (Å²) in [7, 11) is 0. The Kier molecular flexibility index (Phi) is 3.74. The van der Waals surface area contributed by atoms with Crippen LogP contribution < -0.4 is 14.8 Å². The third-order valence-electron chi connectivity index (χ3n) is 4.77. The van der Waals surface area contributed by atoms with Crippen LogP contribution in [0.5, 0.6) is 11.5 Å². The molecule has 114 valence electrons. The summed E-state index contributed by atoms with van der Waals surface area (Å²) in [5, 5.41) is 3.65. The molecule has 3 heterocycles. The van der Waals surface area contributed by atoms with Crippen LogP contribution in [0.1, 0.15) is 42.9 Å². The smallest absolute Gasteiger partial charge is 0.161 e. The molecule has 0 bridgehead atoms. The highest BCUT2D eigenvalue weighted by molar-refractivity contribution is 5.50. The molecule has 4 heteroatoms. The summed E-state index contributed by atoms with van der Waals surface area (Å²) in [5.74, 6) is 1.82. The van der Waals surface area contributed by atoms with Crippen LogP contribution >= 0.6 is 0 Å². The summed E-state index contributed by atoms with van der Waals surface area (Å²) in [6.07, 6.45) is 6.26. The Labute approximate surface area is 125 Å². The van der Waals surface area contributed by atoms with Crippen LogP contribution in [-0.2, 0) is 11.2 Å². The molecule has 3 aliphatic heterocycles. The second kappa shape index (κ2) is 5.85. The molecule has 2 atom stereocenters. The van der Waals surface area contributed by atoms with Crippen LogP contribution in [0.3, 0.4) is 0 Å². The monoisotopic (exact) mass is 289 g/mol. The number of hydrogen-bond acceptors (Lipinski definition) is 4. The summed E-state index contributed by atoms with van der Waals surface area (Å²) in [6, 6.07) is 4.80. The highest BCUT2D eigenvalue weighted by Crippen LogP contribution is 2.38. The van der Waals surface area contributed by atoms with Crippen LogP contribution in [0.15, 0.2) is 12.1 Å². The fourth-order valence-electron chi connectivity index (χ4n) is 3.66. The Hall–Kier alpha value is -1.26. The maximum absolute atomic E-state index is 5.75. The lowest BCUT2D eigenvalue weighted by molar-refractivity contribution is 0.0993. The third kappa shape index (κ3) is 2.74. The fraction of sp³-hybridized carbons (Fsp3) is 0.647. The van der Waals surface area contributed by atoms with Crippen molar-refractivity contribution in [3.8, 4) is 11.5 Å². The topological polar surface area (TPSA) is 39.7 Å². The van der Waals surface area contributed by atoms with Crippen LogP contribution in [0, 0.1) is 0 Å². The lowest BCUT2D eigenvalue weighted by Crippen LogP contribution is -2.31. The summed E-state index contributed by atoms with van der Waals surface area (Å²) in [6.45, 7) is 3.30. The van der Waals surface area contributed by atoms with E-state index in [1.54, 1.807) is 0 Å². The summed E-state index contributed by atoms with van der Waals surface area (Å²) in [4.78, 5) is 0. The van der Waals surface area contributed by atoms with E-state index in [1.807, 2.05) is 0 Å². The molecule has 0 amide bonds. The Morgan fingerprint density at radius 2 is 1.90 bits per heavy atom. The van der Waals surface area contributed by atoms with Gasteiger partial charge in [-0.1, -0.05) is 0 Å². The molecule has 0 spiro atoms. The highest BCUT2D eigenvalue weighted by Gasteiger charge is 2.25. The number of fused-ring (bicyclic) bond motifs is 2. The van der Waals surface area contributed by atoms with Crippen molar-refractivity contribution in [2.45, 2.75) is 44.2 Å². The molecule has 1 aromatic carbocycles. The van der Waals surface area contributed by atoms with E-state index in [-0.39, 0.29) is 0 Å². The maximum atomic E-state index is 5.75. The van der Waals surface area contributed by atoms with Crippen molar-refractivity contribution in [1.29, 1.82) is 0 Å². The average Bonchev–Trinajstić information content (AvgIpc) is 3.04. The quantitative estimate of drug-likeness (QED) is 0.928. The zero-order valence-corrected chi connectivity index (χ0v) is 12.4. The third-order valence-corrected chi connectivity index (χ3v) is 4.77. The Balaban J connectivity index is 1.52. The minimum absolute atomic E-state index is 0.425. The molecule has 0 saturated carbocycles. The molecule has 21 heavy (non-hydrogen) atoms. The van der Waals surface area contributed by atoms with Gasteiger partial charge in [0.05, 0.1) is 6.10 Å². The predicted molar refractivity (Wildman–Crippen MR) is 80.1 cm³/mol. The standard InChI is InChI=1S/C17H23NO3/c1-2-13(19-7-1)3-4-15-14-11-17-16(20-8-9-21-17)10-12(14)5-6-18-15/h10-11,13,15,18H,1-9H2. The van der Waals surface area contributed by atoms with E-state index in [0.717, 1.165) is 43.9 Å². The van der Waals surface area contributed by atoms with Gasteiger partial charge >= 0.3 is 0 Å². The van der Waals surface area contributed by atoms with Gasteiger partial charge in [-0.15, -0.1) is 0 Å². The number of nitrogens with one attached hydrogen (secondary N) is 1. The van der Waals surface area contributed by atoms with E-state index in [1.165, 1.54) is 24.0 Å². The number of ether oxygens (including phenoxy) is 3. The molecule has 1 saturated heterocycles. The van der Waals surface area contributed by atoms with E-state index in [9.17, 15) is 0 Å². The second-order valence-electron chi connectivity index (χ2n) is 6.16. The summed E-state index contributed by atoms with van der Waals surface area (Å²) < 4.78 is 17.2. The highest BCUT2D eigenvalue weighted by atomic mass is 16.6.